The Morgan fingerprint density at radius 3 is 2.78 bits per heavy atom. The summed E-state index contributed by atoms with van der Waals surface area (Å²) in [6, 6.07) is 14.6. The highest BCUT2D eigenvalue weighted by atomic mass is 79.9. The van der Waals surface area contributed by atoms with Crippen molar-refractivity contribution < 1.29 is 4.92 Å². The third-order valence-corrected chi connectivity index (χ3v) is 3.86. The summed E-state index contributed by atoms with van der Waals surface area (Å²) in [5.41, 5.74) is 2.45. The third-order valence-electron chi connectivity index (χ3n) is 3.37. The Bertz CT molecular complexity index is 834. The van der Waals surface area contributed by atoms with Gasteiger partial charge < -0.3 is 5.32 Å². The zero-order valence-electron chi connectivity index (χ0n) is 12.0. The number of nitro benzene ring substituents is 1. The van der Waals surface area contributed by atoms with E-state index in [0.29, 0.717) is 16.7 Å². The van der Waals surface area contributed by atoms with Crippen LogP contribution in [0.1, 0.15) is 5.56 Å². The number of benzene rings is 2. The summed E-state index contributed by atoms with van der Waals surface area (Å²) in [4.78, 5) is 10.8. The summed E-state index contributed by atoms with van der Waals surface area (Å²) < 4.78 is 2.44. The number of anilines is 1. The van der Waals surface area contributed by atoms with E-state index in [1.165, 1.54) is 6.07 Å². The highest BCUT2D eigenvalue weighted by molar-refractivity contribution is 9.10. The van der Waals surface area contributed by atoms with E-state index in [0.717, 1.165) is 11.3 Å². The van der Waals surface area contributed by atoms with E-state index in [2.05, 4.69) is 26.3 Å². The van der Waals surface area contributed by atoms with Gasteiger partial charge in [0.15, 0.2) is 0 Å². The number of aromatic nitrogens is 2. The van der Waals surface area contributed by atoms with E-state index in [9.17, 15) is 10.1 Å². The molecule has 0 radical (unpaired) electrons. The van der Waals surface area contributed by atoms with Crippen LogP contribution in [0.15, 0.2) is 65.4 Å². The van der Waals surface area contributed by atoms with Crippen molar-refractivity contribution in [2.45, 2.75) is 6.54 Å². The normalized spacial score (nSPS) is 10.5. The summed E-state index contributed by atoms with van der Waals surface area (Å²) >= 11 is 3.25. The van der Waals surface area contributed by atoms with Gasteiger partial charge >= 0.3 is 0 Å². The Kier molecular flexibility index (Phi) is 4.38. The summed E-state index contributed by atoms with van der Waals surface area (Å²) in [6.45, 7) is 0.457. The monoisotopic (exact) mass is 372 g/mol. The van der Waals surface area contributed by atoms with Gasteiger partial charge in [-0.1, -0.05) is 34.1 Å². The van der Waals surface area contributed by atoms with Gasteiger partial charge in [-0.3, -0.25) is 10.1 Å². The maximum Gasteiger partial charge on any atom is 0.293 e. The molecule has 0 aliphatic carbocycles. The van der Waals surface area contributed by atoms with Gasteiger partial charge in [0.25, 0.3) is 5.69 Å². The van der Waals surface area contributed by atoms with Gasteiger partial charge in [-0.15, -0.1) is 0 Å². The predicted molar refractivity (Wildman–Crippen MR) is 91.7 cm³/mol. The summed E-state index contributed by atoms with van der Waals surface area (Å²) in [5, 5.41) is 18.5. The van der Waals surface area contributed by atoms with Crippen LogP contribution in [-0.4, -0.2) is 14.7 Å². The second-order valence-corrected chi connectivity index (χ2v) is 5.77. The van der Waals surface area contributed by atoms with E-state index in [1.54, 1.807) is 23.0 Å². The minimum Gasteiger partial charge on any atom is -0.375 e. The molecule has 0 saturated carbocycles. The molecule has 0 spiro atoms. The van der Waals surface area contributed by atoms with Crippen LogP contribution in [0, 0.1) is 10.1 Å². The van der Waals surface area contributed by atoms with Gasteiger partial charge in [0.2, 0.25) is 0 Å². The lowest BCUT2D eigenvalue weighted by Crippen LogP contribution is -2.06. The number of hydrogen-bond acceptors (Lipinski definition) is 4. The molecule has 0 saturated heterocycles. The number of nitro groups is 1. The Morgan fingerprint density at radius 2 is 2.04 bits per heavy atom. The molecule has 0 fully saturated rings. The zero-order chi connectivity index (χ0) is 16.2. The van der Waals surface area contributed by atoms with E-state index in [4.69, 9.17) is 0 Å². The lowest BCUT2D eigenvalue weighted by Gasteiger charge is -2.12. The molecule has 3 rings (SSSR count). The SMILES string of the molecule is O=[N+]([O-])c1cc(Br)ccc1NCc1ccccc1-n1cccn1. The van der Waals surface area contributed by atoms with Crippen LogP contribution >= 0.6 is 15.9 Å². The fraction of sp³-hybridized carbons (Fsp3) is 0.0625. The van der Waals surface area contributed by atoms with Gasteiger partial charge in [0, 0.05) is 29.5 Å². The van der Waals surface area contributed by atoms with Crippen molar-refractivity contribution in [3.8, 4) is 5.69 Å². The molecule has 0 aliphatic rings. The number of halogens is 1. The molecule has 1 aromatic heterocycles. The van der Waals surface area contributed by atoms with Crippen LogP contribution in [0.2, 0.25) is 0 Å². The first-order chi connectivity index (χ1) is 11.1. The average Bonchev–Trinajstić information content (AvgIpc) is 3.08. The average molecular weight is 373 g/mol. The van der Waals surface area contributed by atoms with Crippen molar-refractivity contribution in [2.75, 3.05) is 5.32 Å². The number of para-hydroxylation sites is 1. The second kappa shape index (κ2) is 6.62. The standard InChI is InChI=1S/C16H13BrN4O2/c17-13-6-7-14(16(10-13)21(22)23)18-11-12-4-1-2-5-15(12)20-9-3-8-19-20/h1-10,18H,11H2. The molecule has 0 amide bonds. The number of nitrogens with one attached hydrogen (secondary N) is 1. The number of rotatable bonds is 5. The first kappa shape index (κ1) is 15.2. The Hall–Kier alpha value is -2.67. The first-order valence-corrected chi connectivity index (χ1v) is 7.70. The van der Waals surface area contributed by atoms with E-state index in [-0.39, 0.29) is 5.69 Å². The first-order valence-electron chi connectivity index (χ1n) is 6.91. The summed E-state index contributed by atoms with van der Waals surface area (Å²) in [5.74, 6) is 0. The molecule has 1 heterocycles. The van der Waals surface area contributed by atoms with Gasteiger partial charge in [0.1, 0.15) is 5.69 Å². The molecule has 7 heteroatoms. The quantitative estimate of drug-likeness (QED) is 0.539. The minimum atomic E-state index is -0.396. The highest BCUT2D eigenvalue weighted by Crippen LogP contribution is 2.28. The van der Waals surface area contributed by atoms with Crippen LogP contribution in [0.4, 0.5) is 11.4 Å². The molecule has 0 unspecified atom stereocenters. The zero-order valence-corrected chi connectivity index (χ0v) is 13.6. The Morgan fingerprint density at radius 1 is 1.22 bits per heavy atom. The van der Waals surface area contributed by atoms with Crippen molar-refractivity contribution >= 4 is 27.3 Å². The third kappa shape index (κ3) is 3.40. The summed E-state index contributed by atoms with van der Waals surface area (Å²) in [7, 11) is 0. The molecule has 0 atom stereocenters. The van der Waals surface area contributed by atoms with Crippen molar-refractivity contribution in [3.05, 3.63) is 81.1 Å². The van der Waals surface area contributed by atoms with E-state index < -0.39 is 4.92 Å². The number of hydrogen-bond donors (Lipinski definition) is 1. The van der Waals surface area contributed by atoms with Crippen LogP contribution in [-0.2, 0) is 6.54 Å². The van der Waals surface area contributed by atoms with E-state index in [1.807, 2.05) is 36.5 Å². The molecule has 0 bridgehead atoms. The van der Waals surface area contributed by atoms with Crippen LogP contribution in [0.25, 0.3) is 5.69 Å². The predicted octanol–water partition coefficient (Wildman–Crippen LogP) is 4.16. The maximum absolute atomic E-state index is 11.2. The Balaban J connectivity index is 1.87. The molecule has 116 valence electrons. The molecule has 23 heavy (non-hydrogen) atoms. The fourth-order valence-corrected chi connectivity index (χ4v) is 2.64. The van der Waals surface area contributed by atoms with Crippen molar-refractivity contribution in [3.63, 3.8) is 0 Å². The maximum atomic E-state index is 11.2. The van der Waals surface area contributed by atoms with Gasteiger partial charge in [0.05, 0.1) is 10.6 Å². The van der Waals surface area contributed by atoms with Crippen molar-refractivity contribution in [1.82, 2.24) is 9.78 Å². The fourth-order valence-electron chi connectivity index (χ4n) is 2.29. The largest absolute Gasteiger partial charge is 0.375 e. The van der Waals surface area contributed by atoms with Crippen LogP contribution in [0.5, 0.6) is 0 Å². The molecule has 6 nitrogen and oxygen atoms in total. The molecular formula is C16H13BrN4O2. The molecule has 2 aromatic carbocycles. The van der Waals surface area contributed by atoms with Crippen LogP contribution < -0.4 is 5.32 Å². The number of nitrogens with zero attached hydrogens (tertiary/aromatic N) is 3. The smallest absolute Gasteiger partial charge is 0.293 e. The van der Waals surface area contributed by atoms with Gasteiger partial charge in [-0.2, -0.15) is 5.10 Å². The highest BCUT2D eigenvalue weighted by Gasteiger charge is 2.14. The topological polar surface area (TPSA) is 73.0 Å². The second-order valence-electron chi connectivity index (χ2n) is 4.85. The summed E-state index contributed by atoms with van der Waals surface area (Å²) in [6.07, 6.45) is 3.57. The van der Waals surface area contributed by atoms with Crippen LogP contribution in [0.3, 0.4) is 0 Å². The minimum absolute atomic E-state index is 0.0379. The van der Waals surface area contributed by atoms with Crippen molar-refractivity contribution in [1.29, 1.82) is 0 Å². The molecule has 0 aliphatic heterocycles. The lowest BCUT2D eigenvalue weighted by molar-refractivity contribution is -0.384. The lowest BCUT2D eigenvalue weighted by atomic mass is 10.1. The molecular weight excluding hydrogens is 360 g/mol. The van der Waals surface area contributed by atoms with Gasteiger partial charge in [-0.25, -0.2) is 4.68 Å². The van der Waals surface area contributed by atoms with Crippen molar-refractivity contribution in [2.24, 2.45) is 0 Å². The molecule has 1 N–H and O–H groups in total. The van der Waals surface area contributed by atoms with E-state index >= 15 is 0 Å². The molecule has 3 aromatic rings. The van der Waals surface area contributed by atoms with Gasteiger partial charge in [-0.05, 0) is 29.8 Å². The Labute approximate surface area is 141 Å².